The minimum atomic E-state index is 0.0823. The molecule has 1 fully saturated rings. The number of carbonyl (C=O) groups excluding carboxylic acids is 1. The molecule has 0 radical (unpaired) electrons. The van der Waals surface area contributed by atoms with Gasteiger partial charge in [-0.15, -0.1) is 0 Å². The molecule has 1 aromatic carbocycles. The molecule has 2 heterocycles. The van der Waals surface area contributed by atoms with Crippen LogP contribution in [0.5, 0.6) is 0 Å². The van der Waals surface area contributed by atoms with Gasteiger partial charge in [0.2, 0.25) is 5.13 Å². The summed E-state index contributed by atoms with van der Waals surface area (Å²) in [7, 11) is 3.59. The summed E-state index contributed by atoms with van der Waals surface area (Å²) in [5, 5.41) is 0.958. The monoisotopic (exact) mass is 345 g/mol. The molecule has 7 heteroatoms. The van der Waals surface area contributed by atoms with Crippen LogP contribution in [0.15, 0.2) is 30.3 Å². The topological polar surface area (TPSA) is 52.6 Å². The van der Waals surface area contributed by atoms with Gasteiger partial charge in [-0.25, -0.2) is 9.78 Å². The summed E-state index contributed by atoms with van der Waals surface area (Å²) >= 11 is 1.45. The SMILES string of the molecule is CN(C)C(=O)N1CCCN(c2nc(Cc3ccccc3)ns2)CC1. The molecule has 0 aliphatic carbocycles. The highest BCUT2D eigenvalue weighted by Crippen LogP contribution is 2.20. The molecule has 0 atom stereocenters. The third-order valence-electron chi connectivity index (χ3n) is 4.08. The number of anilines is 1. The predicted molar refractivity (Wildman–Crippen MR) is 96.6 cm³/mol. The highest BCUT2D eigenvalue weighted by Gasteiger charge is 2.22. The molecule has 0 N–H and O–H groups in total. The number of carbonyl (C=O) groups is 1. The number of nitrogens with zero attached hydrogens (tertiary/aromatic N) is 5. The molecular weight excluding hydrogens is 322 g/mol. The van der Waals surface area contributed by atoms with Crippen molar-refractivity contribution in [3.63, 3.8) is 0 Å². The van der Waals surface area contributed by atoms with Crippen molar-refractivity contribution in [3.8, 4) is 0 Å². The van der Waals surface area contributed by atoms with E-state index in [1.807, 2.05) is 23.1 Å². The first kappa shape index (κ1) is 16.7. The van der Waals surface area contributed by atoms with Gasteiger partial charge in [0, 0.05) is 58.2 Å². The maximum atomic E-state index is 12.1. The van der Waals surface area contributed by atoms with E-state index in [4.69, 9.17) is 4.98 Å². The minimum Gasteiger partial charge on any atom is -0.345 e. The summed E-state index contributed by atoms with van der Waals surface area (Å²) in [6.45, 7) is 3.24. The Morgan fingerprint density at radius 3 is 2.71 bits per heavy atom. The number of urea groups is 1. The standard InChI is InChI=1S/C17H23N5OS/c1-20(2)17(23)22-10-6-9-21(11-12-22)16-18-15(19-24-16)13-14-7-4-3-5-8-14/h3-5,7-8H,6,9-13H2,1-2H3. The maximum absolute atomic E-state index is 12.1. The Bertz CT molecular complexity index is 673. The second-order valence-corrected chi connectivity index (χ2v) is 6.89. The molecular formula is C17H23N5OS. The van der Waals surface area contributed by atoms with Gasteiger partial charge in [-0.3, -0.25) is 0 Å². The van der Waals surface area contributed by atoms with Crippen LogP contribution in [0, 0.1) is 0 Å². The van der Waals surface area contributed by atoms with Gasteiger partial charge in [0.1, 0.15) is 5.82 Å². The first-order chi connectivity index (χ1) is 11.6. The fourth-order valence-corrected chi connectivity index (χ4v) is 3.54. The van der Waals surface area contributed by atoms with Crippen molar-refractivity contribution in [1.29, 1.82) is 0 Å². The fraction of sp³-hybridized carbons (Fsp3) is 0.471. The van der Waals surface area contributed by atoms with Crippen LogP contribution in [0.1, 0.15) is 17.8 Å². The van der Waals surface area contributed by atoms with Crippen molar-refractivity contribution < 1.29 is 4.79 Å². The first-order valence-corrected chi connectivity index (χ1v) is 8.98. The van der Waals surface area contributed by atoms with Crippen LogP contribution >= 0.6 is 11.5 Å². The highest BCUT2D eigenvalue weighted by molar-refractivity contribution is 7.09. The summed E-state index contributed by atoms with van der Waals surface area (Å²) in [6.07, 6.45) is 1.71. The molecule has 1 saturated heterocycles. The second kappa shape index (κ2) is 7.61. The van der Waals surface area contributed by atoms with Crippen molar-refractivity contribution in [2.45, 2.75) is 12.8 Å². The van der Waals surface area contributed by atoms with Gasteiger partial charge < -0.3 is 14.7 Å². The molecule has 0 saturated carbocycles. The van der Waals surface area contributed by atoms with Crippen LogP contribution in [-0.2, 0) is 6.42 Å². The van der Waals surface area contributed by atoms with Gasteiger partial charge in [0.25, 0.3) is 0 Å². The molecule has 2 aromatic rings. The highest BCUT2D eigenvalue weighted by atomic mass is 32.1. The predicted octanol–water partition coefficient (Wildman–Crippen LogP) is 2.32. The van der Waals surface area contributed by atoms with E-state index in [9.17, 15) is 4.79 Å². The quantitative estimate of drug-likeness (QED) is 0.857. The Morgan fingerprint density at radius 2 is 1.96 bits per heavy atom. The third-order valence-corrected chi connectivity index (χ3v) is 4.90. The number of amides is 2. The first-order valence-electron chi connectivity index (χ1n) is 8.21. The van der Waals surface area contributed by atoms with E-state index in [1.165, 1.54) is 17.1 Å². The van der Waals surface area contributed by atoms with E-state index in [0.717, 1.165) is 50.0 Å². The van der Waals surface area contributed by atoms with E-state index < -0.39 is 0 Å². The number of hydrogen-bond donors (Lipinski definition) is 0. The van der Waals surface area contributed by atoms with Crippen LogP contribution in [0.4, 0.5) is 9.93 Å². The third kappa shape index (κ3) is 4.03. The van der Waals surface area contributed by atoms with Crippen LogP contribution in [-0.4, -0.2) is 65.5 Å². The number of hydrogen-bond acceptors (Lipinski definition) is 5. The maximum Gasteiger partial charge on any atom is 0.319 e. The second-order valence-electron chi connectivity index (χ2n) is 6.16. The van der Waals surface area contributed by atoms with Crippen LogP contribution in [0.25, 0.3) is 0 Å². The normalized spacial score (nSPS) is 15.2. The number of aromatic nitrogens is 2. The molecule has 6 nitrogen and oxygen atoms in total. The molecule has 128 valence electrons. The molecule has 0 bridgehead atoms. The van der Waals surface area contributed by atoms with Crippen molar-refractivity contribution in [1.82, 2.24) is 19.2 Å². The molecule has 0 spiro atoms. The lowest BCUT2D eigenvalue weighted by atomic mass is 10.1. The zero-order valence-electron chi connectivity index (χ0n) is 14.2. The van der Waals surface area contributed by atoms with Gasteiger partial charge in [0.05, 0.1) is 0 Å². The number of rotatable bonds is 3. The zero-order chi connectivity index (χ0) is 16.9. The fourth-order valence-electron chi connectivity index (χ4n) is 2.81. The lowest BCUT2D eigenvalue weighted by molar-refractivity contribution is 0.174. The van der Waals surface area contributed by atoms with Crippen molar-refractivity contribution >= 4 is 22.7 Å². The molecule has 1 aliphatic heterocycles. The lowest BCUT2D eigenvalue weighted by Crippen LogP contribution is -2.41. The summed E-state index contributed by atoms with van der Waals surface area (Å²) in [6, 6.07) is 10.4. The Hall–Kier alpha value is -2.15. The van der Waals surface area contributed by atoms with Crippen molar-refractivity contribution in [2.75, 3.05) is 45.2 Å². The summed E-state index contributed by atoms with van der Waals surface area (Å²) < 4.78 is 4.50. The lowest BCUT2D eigenvalue weighted by Gasteiger charge is -2.24. The van der Waals surface area contributed by atoms with Crippen LogP contribution in [0.3, 0.4) is 0 Å². The Labute approximate surface area is 146 Å². The average molecular weight is 345 g/mol. The summed E-state index contributed by atoms with van der Waals surface area (Å²) in [5.74, 6) is 0.867. The summed E-state index contributed by atoms with van der Waals surface area (Å²) in [4.78, 5) is 22.6. The smallest absolute Gasteiger partial charge is 0.319 e. The van der Waals surface area contributed by atoms with Gasteiger partial charge in [-0.1, -0.05) is 30.3 Å². The largest absolute Gasteiger partial charge is 0.345 e. The van der Waals surface area contributed by atoms with Crippen molar-refractivity contribution in [3.05, 3.63) is 41.7 Å². The summed E-state index contributed by atoms with van der Waals surface area (Å²) in [5.41, 5.74) is 1.22. The van der Waals surface area contributed by atoms with E-state index in [2.05, 4.69) is 21.4 Å². The molecule has 0 unspecified atom stereocenters. The molecule has 1 aliphatic rings. The zero-order valence-corrected chi connectivity index (χ0v) is 15.0. The van der Waals surface area contributed by atoms with E-state index >= 15 is 0 Å². The molecule has 1 aromatic heterocycles. The molecule has 2 amide bonds. The number of benzene rings is 1. The Balaban J connectivity index is 1.62. The Morgan fingerprint density at radius 1 is 1.17 bits per heavy atom. The molecule has 24 heavy (non-hydrogen) atoms. The van der Waals surface area contributed by atoms with Gasteiger partial charge in [-0.05, 0) is 12.0 Å². The van der Waals surface area contributed by atoms with Crippen LogP contribution in [0.2, 0.25) is 0 Å². The van der Waals surface area contributed by atoms with E-state index in [-0.39, 0.29) is 6.03 Å². The molecule has 3 rings (SSSR count). The van der Waals surface area contributed by atoms with Gasteiger partial charge in [-0.2, -0.15) is 4.37 Å². The average Bonchev–Trinajstić information content (AvgIpc) is 2.90. The van der Waals surface area contributed by atoms with Gasteiger partial charge in [0.15, 0.2) is 0 Å². The van der Waals surface area contributed by atoms with E-state index in [0.29, 0.717) is 0 Å². The van der Waals surface area contributed by atoms with Crippen molar-refractivity contribution in [2.24, 2.45) is 0 Å². The van der Waals surface area contributed by atoms with Crippen LogP contribution < -0.4 is 4.90 Å². The van der Waals surface area contributed by atoms with Gasteiger partial charge >= 0.3 is 6.03 Å². The van der Waals surface area contributed by atoms with E-state index in [1.54, 1.807) is 19.0 Å². The Kier molecular flexibility index (Phi) is 5.30. The minimum absolute atomic E-state index is 0.0823.